The summed E-state index contributed by atoms with van der Waals surface area (Å²) in [5, 5.41) is -3.22. The molecule has 9 heteroatoms. The van der Waals surface area contributed by atoms with Gasteiger partial charge in [0.2, 0.25) is 0 Å². The Morgan fingerprint density at radius 1 is 1.29 bits per heavy atom. The third kappa shape index (κ3) is 3.33. The first-order chi connectivity index (χ1) is 5.78. The zero-order valence-corrected chi connectivity index (χ0v) is 9.51. The Kier molecular flexibility index (Phi) is 3.30. The molecule has 0 aromatic carbocycles. The van der Waals surface area contributed by atoms with E-state index in [1.807, 2.05) is 0 Å². The molecular weight excluding hydrogens is 247 g/mol. The maximum atomic E-state index is 12.4. The van der Waals surface area contributed by atoms with E-state index < -0.39 is 29.7 Å². The van der Waals surface area contributed by atoms with E-state index in [1.165, 1.54) is 0 Å². The van der Waals surface area contributed by atoms with Gasteiger partial charge < -0.3 is 0 Å². The molecule has 0 N–H and O–H groups in total. The van der Waals surface area contributed by atoms with Crippen molar-refractivity contribution in [3.63, 3.8) is 0 Å². The Balaban J connectivity index is 5.24. The molecule has 0 aliphatic heterocycles. The van der Waals surface area contributed by atoms with Crippen LogP contribution in [0, 0.1) is 0 Å². The van der Waals surface area contributed by atoms with Gasteiger partial charge >= 0.3 is 79.2 Å². The first-order valence-corrected chi connectivity index (χ1v) is 7.19. The molecule has 0 radical (unpaired) electrons. The molecule has 0 rings (SSSR count). The summed E-state index contributed by atoms with van der Waals surface area (Å²) < 4.78 is 74.4. The molecule has 0 bridgehead atoms. The summed E-state index contributed by atoms with van der Waals surface area (Å²) >= 11 is 0. The van der Waals surface area contributed by atoms with Crippen molar-refractivity contribution < 1.29 is 29.4 Å². The molecule has 3 nitrogen and oxygen atoms in total. The van der Waals surface area contributed by atoms with E-state index in [0.29, 0.717) is 13.2 Å². The molecule has 0 aromatic heterocycles. The van der Waals surface area contributed by atoms with Crippen molar-refractivity contribution in [1.82, 2.24) is 0 Å². The van der Waals surface area contributed by atoms with Gasteiger partial charge in [-0.3, -0.25) is 0 Å². The van der Waals surface area contributed by atoms with Gasteiger partial charge in [-0.15, -0.1) is 0 Å². The van der Waals surface area contributed by atoms with Crippen LogP contribution in [0.25, 0.3) is 0 Å². The number of halogens is 4. The van der Waals surface area contributed by atoms with Crippen molar-refractivity contribution in [3.8, 4) is 0 Å². The van der Waals surface area contributed by atoms with Crippen LogP contribution in [-0.2, 0) is 14.3 Å². The molecule has 0 saturated carbocycles. The Labute approximate surface area is 80.0 Å². The van der Waals surface area contributed by atoms with Gasteiger partial charge in [-0.25, -0.2) is 0 Å². The summed E-state index contributed by atoms with van der Waals surface area (Å²) in [6.45, 7) is 1.40. The molecule has 0 aromatic rings. The van der Waals surface area contributed by atoms with Gasteiger partial charge in [0.25, 0.3) is 0 Å². The van der Waals surface area contributed by atoms with Crippen molar-refractivity contribution in [2.75, 3.05) is 6.26 Å². The van der Waals surface area contributed by atoms with Gasteiger partial charge in [0.05, 0.1) is 0 Å². The third-order valence-corrected chi connectivity index (χ3v) is 4.33. The second kappa shape index (κ2) is 3.28. The molecule has 1 unspecified atom stereocenters. The summed E-state index contributed by atoms with van der Waals surface area (Å²) in [7, 11) is -12.4. The van der Waals surface area contributed by atoms with Crippen LogP contribution in [0.2, 0.25) is 0 Å². The quantitative estimate of drug-likeness (QED) is 0.442. The summed E-state index contributed by atoms with van der Waals surface area (Å²) in [4.78, 5) is 0. The van der Waals surface area contributed by atoms with Crippen LogP contribution in [0.3, 0.4) is 0 Å². The van der Waals surface area contributed by atoms with E-state index in [-0.39, 0.29) is 0 Å². The van der Waals surface area contributed by atoms with Crippen LogP contribution >= 0.6 is 7.85 Å². The van der Waals surface area contributed by atoms with Gasteiger partial charge in [-0.1, -0.05) is 0 Å². The molecule has 14 heavy (non-hydrogen) atoms. The van der Waals surface area contributed by atoms with Gasteiger partial charge in [0.1, 0.15) is 0 Å². The fourth-order valence-corrected chi connectivity index (χ4v) is 2.79. The Morgan fingerprint density at radius 3 is 1.71 bits per heavy atom. The molecule has 88 valence electrons. The van der Waals surface area contributed by atoms with Crippen LogP contribution in [0.1, 0.15) is 20.3 Å². The van der Waals surface area contributed by atoms with Crippen molar-refractivity contribution in [1.29, 1.82) is 0 Å². The van der Waals surface area contributed by atoms with Crippen LogP contribution in [0.15, 0.2) is 0 Å². The second-order valence-electron chi connectivity index (χ2n) is 3.04. The topological polar surface area (TPSA) is 43.4 Å². The number of hydrogen-bond acceptors (Lipinski definition) is 3. The summed E-state index contributed by atoms with van der Waals surface area (Å²) in [6.07, 6.45) is -0.346. The Morgan fingerprint density at radius 2 is 1.64 bits per heavy atom. The van der Waals surface area contributed by atoms with Crippen LogP contribution in [-0.4, -0.2) is 20.0 Å². The first kappa shape index (κ1) is 14.1. The van der Waals surface area contributed by atoms with Crippen molar-refractivity contribution in [2.45, 2.75) is 25.6 Å². The standard InChI is InChI=1S/C5H11F4O3PS/c1-4-5(2,12-14(3,10)11)13(6,7,8)9/h4H2,1-3H3. The summed E-state index contributed by atoms with van der Waals surface area (Å²) in [5.74, 6) is 0. The maximum absolute atomic E-state index is 12.4. The van der Waals surface area contributed by atoms with E-state index in [9.17, 15) is 25.2 Å². The fourth-order valence-electron chi connectivity index (χ4n) is 0.680. The SMILES string of the molecule is CCC(C)(OS(C)(=O)=O)P(F)(F)(F)F. The normalized spacial score (nSPS) is 20.9. The van der Waals surface area contributed by atoms with Crippen molar-refractivity contribution in [2.24, 2.45) is 0 Å². The van der Waals surface area contributed by atoms with Gasteiger partial charge in [-0.05, 0) is 0 Å². The van der Waals surface area contributed by atoms with E-state index >= 15 is 0 Å². The molecular formula is C5H11F4O3PS. The van der Waals surface area contributed by atoms with E-state index in [2.05, 4.69) is 4.18 Å². The first-order valence-electron chi connectivity index (χ1n) is 3.57. The number of hydrogen-bond donors (Lipinski definition) is 0. The second-order valence-corrected chi connectivity index (χ2v) is 7.00. The summed E-state index contributed by atoms with van der Waals surface area (Å²) in [5.41, 5.74) is 0. The molecule has 0 aliphatic carbocycles. The minimum atomic E-state index is -8.09. The van der Waals surface area contributed by atoms with Crippen LogP contribution in [0.4, 0.5) is 16.8 Å². The molecule has 0 aliphatic rings. The van der Waals surface area contributed by atoms with E-state index in [1.54, 1.807) is 0 Å². The molecule has 0 fully saturated rings. The van der Waals surface area contributed by atoms with Gasteiger partial charge in [0, 0.05) is 0 Å². The number of rotatable bonds is 4. The Hall–Kier alpha value is 0.0600. The fraction of sp³-hybridized carbons (Fsp3) is 1.00. The predicted molar refractivity (Wildman–Crippen MR) is 46.0 cm³/mol. The minimum absolute atomic E-state index is 0.395. The van der Waals surface area contributed by atoms with Gasteiger partial charge in [-0.2, -0.15) is 0 Å². The summed E-state index contributed by atoms with van der Waals surface area (Å²) in [6, 6.07) is 0. The molecule has 0 spiro atoms. The Bertz CT molecular complexity index is 312. The molecule has 0 saturated heterocycles. The molecule has 1 atom stereocenters. The third-order valence-electron chi connectivity index (χ3n) is 1.70. The van der Waals surface area contributed by atoms with Gasteiger partial charge in [0.15, 0.2) is 0 Å². The molecule has 0 heterocycles. The van der Waals surface area contributed by atoms with E-state index in [0.717, 1.165) is 6.92 Å². The molecule has 0 amide bonds. The van der Waals surface area contributed by atoms with Crippen molar-refractivity contribution in [3.05, 3.63) is 0 Å². The average molecular weight is 258 g/mol. The predicted octanol–water partition coefficient (Wildman–Crippen LogP) is 3.18. The van der Waals surface area contributed by atoms with Crippen LogP contribution < -0.4 is 0 Å². The zero-order chi connectivity index (χ0) is 11.9. The zero-order valence-electron chi connectivity index (χ0n) is 7.80. The van der Waals surface area contributed by atoms with Crippen LogP contribution in [0.5, 0.6) is 0 Å². The van der Waals surface area contributed by atoms with Crippen molar-refractivity contribution >= 4 is 18.0 Å². The average Bonchev–Trinajstić information content (AvgIpc) is 1.79. The monoisotopic (exact) mass is 258 g/mol. The van der Waals surface area contributed by atoms with E-state index in [4.69, 9.17) is 0 Å².